The molecule has 0 bridgehead atoms. The van der Waals surface area contributed by atoms with E-state index in [0.29, 0.717) is 10.8 Å². The monoisotopic (exact) mass is 289 g/mol. The van der Waals surface area contributed by atoms with E-state index >= 15 is 0 Å². The van der Waals surface area contributed by atoms with Crippen LogP contribution in [-0.2, 0) is 0 Å². The fraction of sp³-hybridized carbons (Fsp3) is 0.688. The van der Waals surface area contributed by atoms with Gasteiger partial charge in [0.1, 0.15) is 10.9 Å². The number of nitrogens with zero attached hydrogens (tertiary/aromatic N) is 2. The average Bonchev–Trinajstić information content (AvgIpc) is 3.22. The van der Waals surface area contributed by atoms with Crippen LogP contribution in [0.25, 0.3) is 0 Å². The molecule has 2 aliphatic rings. The molecule has 0 radical (unpaired) electrons. The molecule has 4 heteroatoms. The van der Waals surface area contributed by atoms with E-state index in [1.165, 1.54) is 36.2 Å². The van der Waals surface area contributed by atoms with Crippen LogP contribution < -0.4 is 10.6 Å². The fourth-order valence-corrected chi connectivity index (χ4v) is 4.46. The Morgan fingerprint density at radius 1 is 1.25 bits per heavy atom. The predicted molar refractivity (Wildman–Crippen MR) is 85.2 cm³/mol. The second-order valence-electron chi connectivity index (χ2n) is 6.52. The molecule has 0 aromatic carbocycles. The second kappa shape index (κ2) is 5.29. The predicted octanol–water partition coefficient (Wildman–Crippen LogP) is 3.95. The molecule has 2 heterocycles. The zero-order valence-electron chi connectivity index (χ0n) is 12.4. The van der Waals surface area contributed by atoms with Gasteiger partial charge in [0, 0.05) is 18.7 Å². The Bertz CT molecular complexity index is 529. The molecule has 1 saturated carbocycles. The quantitative estimate of drug-likeness (QED) is 0.916. The van der Waals surface area contributed by atoms with E-state index in [4.69, 9.17) is 5.73 Å². The zero-order chi connectivity index (χ0) is 14.3. The molecule has 0 spiro atoms. The van der Waals surface area contributed by atoms with Crippen molar-refractivity contribution in [3.8, 4) is 6.07 Å². The van der Waals surface area contributed by atoms with Crippen LogP contribution in [-0.4, -0.2) is 13.1 Å². The third-order valence-electron chi connectivity index (χ3n) is 4.82. The summed E-state index contributed by atoms with van der Waals surface area (Å²) in [7, 11) is 0. The van der Waals surface area contributed by atoms with Crippen LogP contribution >= 0.6 is 11.3 Å². The number of piperidine rings is 1. The molecule has 2 N–H and O–H groups in total. The lowest BCUT2D eigenvalue weighted by Crippen LogP contribution is -2.35. The number of hydrogen-bond donors (Lipinski definition) is 1. The summed E-state index contributed by atoms with van der Waals surface area (Å²) in [4.78, 5) is 3.20. The Hall–Kier alpha value is -1.21. The number of anilines is 2. The van der Waals surface area contributed by atoms with Crippen molar-refractivity contribution in [2.75, 3.05) is 23.7 Å². The largest absolute Gasteiger partial charge is 0.397 e. The third-order valence-corrected chi connectivity index (χ3v) is 6.01. The van der Waals surface area contributed by atoms with Gasteiger partial charge in [-0.05, 0) is 43.4 Å². The first-order valence-corrected chi connectivity index (χ1v) is 8.50. The standard InChI is InChI=1S/C16H23N3S/c1-10(2)11-5-7-19(8-6-11)16-14(12-3-4-12)15(18)13(9-17)20-16/h10-12H,3-8,18H2,1-2H3. The van der Waals surface area contributed by atoms with E-state index in [1.54, 1.807) is 11.3 Å². The summed E-state index contributed by atoms with van der Waals surface area (Å²) in [6.45, 7) is 6.89. The van der Waals surface area contributed by atoms with Crippen molar-refractivity contribution in [1.82, 2.24) is 0 Å². The molecular weight excluding hydrogens is 266 g/mol. The van der Waals surface area contributed by atoms with Crippen LogP contribution in [0.15, 0.2) is 0 Å². The maximum Gasteiger partial charge on any atom is 0.130 e. The molecule has 1 aliphatic carbocycles. The number of nitriles is 1. The van der Waals surface area contributed by atoms with E-state index in [0.717, 1.165) is 30.6 Å². The summed E-state index contributed by atoms with van der Waals surface area (Å²) >= 11 is 1.61. The normalized spacial score (nSPS) is 20.4. The van der Waals surface area contributed by atoms with Crippen molar-refractivity contribution >= 4 is 22.0 Å². The third kappa shape index (κ3) is 2.40. The van der Waals surface area contributed by atoms with Gasteiger partial charge in [-0.2, -0.15) is 5.26 Å². The highest BCUT2D eigenvalue weighted by Crippen LogP contribution is 2.52. The minimum atomic E-state index is 0.617. The topological polar surface area (TPSA) is 53.0 Å². The molecule has 1 aliphatic heterocycles. The maximum atomic E-state index is 9.23. The minimum Gasteiger partial charge on any atom is -0.397 e. The molecule has 1 aromatic heterocycles. The van der Waals surface area contributed by atoms with E-state index < -0.39 is 0 Å². The van der Waals surface area contributed by atoms with Gasteiger partial charge in [0.05, 0.1) is 10.7 Å². The first-order valence-electron chi connectivity index (χ1n) is 7.69. The number of nitrogens with two attached hydrogens (primary N) is 1. The summed E-state index contributed by atoms with van der Waals surface area (Å²) in [5.41, 5.74) is 8.25. The zero-order valence-corrected chi connectivity index (χ0v) is 13.2. The highest BCUT2D eigenvalue weighted by molar-refractivity contribution is 7.17. The Labute approximate surface area is 125 Å². The van der Waals surface area contributed by atoms with Gasteiger partial charge in [0.2, 0.25) is 0 Å². The smallest absolute Gasteiger partial charge is 0.130 e. The molecule has 1 aromatic rings. The van der Waals surface area contributed by atoms with Gasteiger partial charge in [-0.3, -0.25) is 0 Å². The van der Waals surface area contributed by atoms with E-state index in [2.05, 4.69) is 24.8 Å². The van der Waals surface area contributed by atoms with Gasteiger partial charge < -0.3 is 10.6 Å². The van der Waals surface area contributed by atoms with Crippen molar-refractivity contribution in [3.05, 3.63) is 10.4 Å². The second-order valence-corrected chi connectivity index (χ2v) is 7.52. The van der Waals surface area contributed by atoms with Gasteiger partial charge in [-0.15, -0.1) is 11.3 Å². The molecule has 2 fully saturated rings. The molecule has 0 unspecified atom stereocenters. The summed E-state index contributed by atoms with van der Waals surface area (Å²) in [6.07, 6.45) is 5.01. The molecule has 0 amide bonds. The van der Waals surface area contributed by atoms with Crippen LogP contribution in [0, 0.1) is 23.2 Å². The lowest BCUT2D eigenvalue weighted by molar-refractivity contribution is 0.312. The molecule has 108 valence electrons. The highest BCUT2D eigenvalue weighted by atomic mass is 32.1. The van der Waals surface area contributed by atoms with Crippen molar-refractivity contribution in [1.29, 1.82) is 5.26 Å². The van der Waals surface area contributed by atoms with E-state index in [-0.39, 0.29) is 0 Å². The Morgan fingerprint density at radius 2 is 1.90 bits per heavy atom. The van der Waals surface area contributed by atoms with Gasteiger partial charge in [0.25, 0.3) is 0 Å². The summed E-state index contributed by atoms with van der Waals surface area (Å²) < 4.78 is 0. The maximum absolute atomic E-state index is 9.23. The number of rotatable bonds is 3. The van der Waals surface area contributed by atoms with Crippen molar-refractivity contribution in [2.45, 2.75) is 45.4 Å². The molecule has 3 rings (SSSR count). The number of nitrogen functional groups attached to an aromatic ring is 1. The molecule has 20 heavy (non-hydrogen) atoms. The highest BCUT2D eigenvalue weighted by Gasteiger charge is 2.34. The molecule has 3 nitrogen and oxygen atoms in total. The average molecular weight is 289 g/mol. The Kier molecular flexibility index (Phi) is 3.64. The van der Waals surface area contributed by atoms with Crippen molar-refractivity contribution in [2.24, 2.45) is 11.8 Å². The molecule has 1 saturated heterocycles. The van der Waals surface area contributed by atoms with Crippen molar-refractivity contribution in [3.63, 3.8) is 0 Å². The van der Waals surface area contributed by atoms with Gasteiger partial charge in [-0.25, -0.2) is 0 Å². The lowest BCUT2D eigenvalue weighted by atomic mass is 9.87. The van der Waals surface area contributed by atoms with Gasteiger partial charge in [0.15, 0.2) is 0 Å². The summed E-state index contributed by atoms with van der Waals surface area (Å²) in [5.74, 6) is 2.25. The van der Waals surface area contributed by atoms with Crippen LogP contribution in [0.3, 0.4) is 0 Å². The summed E-state index contributed by atoms with van der Waals surface area (Å²) in [6, 6.07) is 2.27. The van der Waals surface area contributed by atoms with E-state index in [9.17, 15) is 5.26 Å². The first kappa shape index (κ1) is 13.8. The van der Waals surface area contributed by atoms with Crippen LogP contribution in [0.5, 0.6) is 0 Å². The lowest BCUT2D eigenvalue weighted by Gasteiger charge is -2.35. The van der Waals surface area contributed by atoms with Crippen molar-refractivity contribution < 1.29 is 0 Å². The van der Waals surface area contributed by atoms with Crippen LogP contribution in [0.1, 0.15) is 55.9 Å². The van der Waals surface area contributed by atoms with E-state index in [1.807, 2.05) is 0 Å². The fourth-order valence-electron chi connectivity index (χ4n) is 3.30. The Balaban J connectivity index is 1.83. The van der Waals surface area contributed by atoms with Crippen LogP contribution in [0.4, 0.5) is 10.7 Å². The number of thiophene rings is 1. The minimum absolute atomic E-state index is 0.617. The van der Waals surface area contributed by atoms with Crippen LogP contribution in [0.2, 0.25) is 0 Å². The molecular formula is C16H23N3S. The van der Waals surface area contributed by atoms with Gasteiger partial charge >= 0.3 is 0 Å². The number of hydrogen-bond acceptors (Lipinski definition) is 4. The SMILES string of the molecule is CC(C)C1CCN(c2sc(C#N)c(N)c2C2CC2)CC1. The summed E-state index contributed by atoms with van der Waals surface area (Å²) in [5, 5.41) is 10.5. The first-order chi connectivity index (χ1) is 9.61. The molecule has 0 atom stereocenters. The Morgan fingerprint density at radius 3 is 2.40 bits per heavy atom. The van der Waals surface area contributed by atoms with Gasteiger partial charge in [-0.1, -0.05) is 13.8 Å².